The molecule has 0 aromatic heterocycles. The molecule has 0 amide bonds. The Morgan fingerprint density at radius 3 is 1.89 bits per heavy atom. The summed E-state index contributed by atoms with van der Waals surface area (Å²) < 4.78 is 4.70. The second-order valence-corrected chi connectivity index (χ2v) is 6.56. The van der Waals surface area contributed by atoms with E-state index < -0.39 is 17.9 Å². The van der Waals surface area contributed by atoms with Gasteiger partial charge in [0.2, 0.25) is 0 Å². The molecular formula is C14H19O4-. The molecule has 4 saturated carbocycles. The van der Waals surface area contributed by atoms with Crippen LogP contribution >= 0.6 is 0 Å². The van der Waals surface area contributed by atoms with E-state index in [1.807, 2.05) is 0 Å². The van der Waals surface area contributed by atoms with Crippen LogP contribution in [0.25, 0.3) is 0 Å². The number of carbonyl (C=O) groups is 2. The molecule has 18 heavy (non-hydrogen) atoms. The number of hydrogen-bond acceptors (Lipinski definition) is 4. The van der Waals surface area contributed by atoms with Gasteiger partial charge in [-0.3, -0.25) is 4.79 Å². The van der Waals surface area contributed by atoms with E-state index >= 15 is 0 Å². The third kappa shape index (κ3) is 1.65. The number of esters is 1. The van der Waals surface area contributed by atoms with Crippen LogP contribution < -0.4 is 5.11 Å². The first kappa shape index (κ1) is 12.0. The predicted molar refractivity (Wildman–Crippen MR) is 61.1 cm³/mol. The van der Waals surface area contributed by atoms with Gasteiger partial charge in [-0.2, -0.15) is 0 Å². The van der Waals surface area contributed by atoms with Crippen molar-refractivity contribution in [3.8, 4) is 0 Å². The fourth-order valence-electron chi connectivity index (χ4n) is 5.25. The monoisotopic (exact) mass is 251 g/mol. The van der Waals surface area contributed by atoms with Gasteiger partial charge in [-0.25, -0.2) is 0 Å². The summed E-state index contributed by atoms with van der Waals surface area (Å²) in [4.78, 5) is 23.2. The number of hydrogen-bond donors (Lipinski definition) is 0. The maximum atomic E-state index is 11.8. The molecule has 4 nitrogen and oxygen atoms in total. The molecule has 0 saturated heterocycles. The van der Waals surface area contributed by atoms with Gasteiger partial charge in [0, 0.05) is 0 Å². The van der Waals surface area contributed by atoms with E-state index in [1.165, 1.54) is 26.4 Å². The average Bonchev–Trinajstić information content (AvgIpc) is 2.25. The number of carbonyl (C=O) groups excluding carboxylic acids is 2. The molecule has 0 unspecified atom stereocenters. The van der Waals surface area contributed by atoms with E-state index in [1.54, 1.807) is 0 Å². The molecule has 0 aliphatic heterocycles. The van der Waals surface area contributed by atoms with Gasteiger partial charge in [0.25, 0.3) is 0 Å². The van der Waals surface area contributed by atoms with Crippen molar-refractivity contribution in [2.24, 2.45) is 29.1 Å². The Morgan fingerprint density at radius 2 is 1.56 bits per heavy atom. The molecule has 1 atom stereocenters. The van der Waals surface area contributed by atoms with Crippen molar-refractivity contribution in [3.63, 3.8) is 0 Å². The van der Waals surface area contributed by atoms with Crippen LogP contribution in [0.3, 0.4) is 0 Å². The minimum Gasteiger partial charge on any atom is -0.549 e. The molecular weight excluding hydrogens is 232 g/mol. The fraction of sp³-hybridized carbons (Fsp3) is 0.857. The minimum atomic E-state index is -1.25. The lowest BCUT2D eigenvalue weighted by molar-refractivity contribution is -0.317. The summed E-state index contributed by atoms with van der Waals surface area (Å²) in [5, 5.41) is 11.4. The minimum absolute atomic E-state index is 0.374. The van der Waals surface area contributed by atoms with Crippen LogP contribution in [0, 0.1) is 29.1 Å². The molecule has 4 heteroatoms. The van der Waals surface area contributed by atoms with Crippen LogP contribution in [0.15, 0.2) is 0 Å². The van der Waals surface area contributed by atoms with Crippen LogP contribution in [0.5, 0.6) is 0 Å². The van der Waals surface area contributed by atoms with E-state index in [-0.39, 0.29) is 5.41 Å². The zero-order chi connectivity index (χ0) is 12.9. The molecule has 4 rings (SSSR count). The summed E-state index contributed by atoms with van der Waals surface area (Å²) in [6, 6.07) is 0. The fourth-order valence-corrected chi connectivity index (χ4v) is 5.25. The first-order valence-corrected chi connectivity index (χ1v) is 6.83. The lowest BCUT2D eigenvalue weighted by Crippen LogP contribution is -2.56. The lowest BCUT2D eigenvalue weighted by Gasteiger charge is -2.58. The van der Waals surface area contributed by atoms with E-state index in [4.69, 9.17) is 4.74 Å². The molecule has 0 aromatic carbocycles. The van der Waals surface area contributed by atoms with Gasteiger partial charge in [-0.1, -0.05) is 0 Å². The van der Waals surface area contributed by atoms with Gasteiger partial charge in [0.05, 0.1) is 13.1 Å². The van der Waals surface area contributed by atoms with Gasteiger partial charge in [-0.15, -0.1) is 0 Å². The Bertz CT molecular complexity index is 352. The maximum Gasteiger partial charge on any atom is 0.314 e. The van der Waals surface area contributed by atoms with Crippen LogP contribution in [-0.4, -0.2) is 19.0 Å². The van der Waals surface area contributed by atoms with E-state index in [9.17, 15) is 14.7 Å². The van der Waals surface area contributed by atoms with Crippen molar-refractivity contribution in [2.75, 3.05) is 7.11 Å². The standard InChI is InChI=1S/C14H20O4/c1-18-13(17)11(12(15)16)14-5-8-2-9(6-14)4-10(3-8)7-14/h8-11H,2-7H2,1H3,(H,15,16)/p-1/t8?,9?,10?,11-,14?/m0/s1. The summed E-state index contributed by atoms with van der Waals surface area (Å²) in [5.41, 5.74) is -0.374. The van der Waals surface area contributed by atoms with Crippen LogP contribution in [0.1, 0.15) is 38.5 Å². The second kappa shape index (κ2) is 3.97. The quantitative estimate of drug-likeness (QED) is 0.548. The van der Waals surface area contributed by atoms with Crippen LogP contribution in [0.2, 0.25) is 0 Å². The van der Waals surface area contributed by atoms with Crippen molar-refractivity contribution in [1.29, 1.82) is 0 Å². The van der Waals surface area contributed by atoms with Crippen molar-refractivity contribution >= 4 is 11.9 Å². The normalized spacial score (nSPS) is 42.6. The summed E-state index contributed by atoms with van der Waals surface area (Å²) in [6.07, 6.45) is 6.27. The number of carboxylic acids is 1. The predicted octanol–water partition coefficient (Wildman–Crippen LogP) is 0.742. The smallest absolute Gasteiger partial charge is 0.314 e. The van der Waals surface area contributed by atoms with E-state index in [2.05, 4.69) is 0 Å². The summed E-state index contributed by atoms with van der Waals surface area (Å²) >= 11 is 0. The van der Waals surface area contributed by atoms with Gasteiger partial charge in [-0.05, 0) is 61.7 Å². The zero-order valence-corrected chi connectivity index (χ0v) is 10.7. The Kier molecular flexibility index (Phi) is 2.65. The number of methoxy groups -OCH3 is 1. The van der Waals surface area contributed by atoms with Gasteiger partial charge < -0.3 is 14.6 Å². The van der Waals surface area contributed by atoms with Gasteiger partial charge >= 0.3 is 5.97 Å². The molecule has 0 radical (unpaired) electrons. The molecule has 0 heterocycles. The Balaban J connectivity index is 1.93. The maximum absolute atomic E-state index is 11.8. The molecule has 4 bridgehead atoms. The lowest BCUT2D eigenvalue weighted by atomic mass is 9.46. The number of ether oxygens (including phenoxy) is 1. The Labute approximate surface area is 107 Å². The number of carboxylic acid groups (broad SMARTS) is 1. The third-order valence-corrected chi connectivity index (χ3v) is 5.37. The highest BCUT2D eigenvalue weighted by atomic mass is 16.5. The third-order valence-electron chi connectivity index (χ3n) is 5.37. The topological polar surface area (TPSA) is 66.4 Å². The van der Waals surface area contributed by atoms with Crippen molar-refractivity contribution < 1.29 is 19.4 Å². The summed E-state index contributed by atoms with van der Waals surface area (Å²) in [5.74, 6) is -1.08. The molecule has 0 N–H and O–H groups in total. The number of rotatable bonds is 3. The molecule has 4 aliphatic carbocycles. The van der Waals surface area contributed by atoms with Crippen LogP contribution in [-0.2, 0) is 14.3 Å². The highest BCUT2D eigenvalue weighted by Crippen LogP contribution is 2.62. The zero-order valence-electron chi connectivity index (χ0n) is 10.7. The van der Waals surface area contributed by atoms with E-state index in [0.717, 1.165) is 19.3 Å². The Hall–Kier alpha value is -1.06. The van der Waals surface area contributed by atoms with E-state index in [0.29, 0.717) is 17.8 Å². The van der Waals surface area contributed by atoms with Crippen molar-refractivity contribution in [1.82, 2.24) is 0 Å². The summed E-state index contributed by atoms with van der Waals surface area (Å²) in [6.45, 7) is 0. The largest absolute Gasteiger partial charge is 0.549 e. The van der Waals surface area contributed by atoms with Gasteiger partial charge in [0.1, 0.15) is 5.92 Å². The van der Waals surface area contributed by atoms with Crippen LogP contribution in [0.4, 0.5) is 0 Å². The van der Waals surface area contributed by atoms with Gasteiger partial charge in [0.15, 0.2) is 0 Å². The average molecular weight is 251 g/mol. The Morgan fingerprint density at radius 1 is 1.11 bits per heavy atom. The van der Waals surface area contributed by atoms with Crippen molar-refractivity contribution in [3.05, 3.63) is 0 Å². The molecule has 0 spiro atoms. The first-order chi connectivity index (χ1) is 8.54. The highest BCUT2D eigenvalue weighted by molar-refractivity contribution is 5.94. The molecule has 4 fully saturated rings. The highest BCUT2D eigenvalue weighted by Gasteiger charge is 2.56. The SMILES string of the molecule is COC(=O)[C@H](C(=O)[O-])C12CC3CC(CC(C3)C1)C2. The number of aliphatic carboxylic acids is 1. The molecule has 0 aromatic rings. The molecule has 4 aliphatic rings. The first-order valence-electron chi connectivity index (χ1n) is 6.83. The molecule has 100 valence electrons. The summed E-state index contributed by atoms with van der Waals surface area (Å²) in [7, 11) is 1.26. The second-order valence-electron chi connectivity index (χ2n) is 6.56. The van der Waals surface area contributed by atoms with Crippen molar-refractivity contribution in [2.45, 2.75) is 38.5 Å².